The first-order valence-electron chi connectivity index (χ1n) is 11.4. The van der Waals surface area contributed by atoms with Crippen LogP contribution >= 0.6 is 0 Å². The molecule has 3 N–H and O–H groups in total. The van der Waals surface area contributed by atoms with Gasteiger partial charge in [0.05, 0.1) is 0 Å². The highest BCUT2D eigenvalue weighted by Gasteiger charge is 2.43. The van der Waals surface area contributed by atoms with Crippen molar-refractivity contribution in [3.05, 3.63) is 70.2 Å². The van der Waals surface area contributed by atoms with Gasteiger partial charge in [0.2, 0.25) is 0 Å². The van der Waals surface area contributed by atoms with Gasteiger partial charge in [0.15, 0.2) is 5.78 Å². The molecule has 1 aromatic heterocycles. The second kappa shape index (κ2) is 8.81. The predicted octanol–water partition coefficient (Wildman–Crippen LogP) is 5.46. The molecule has 5 heteroatoms. The summed E-state index contributed by atoms with van der Waals surface area (Å²) in [5.41, 5.74) is 1.40. The zero-order chi connectivity index (χ0) is 23.0. The predicted molar refractivity (Wildman–Crippen MR) is 126 cm³/mol. The molecule has 5 nitrogen and oxygen atoms in total. The maximum atomic E-state index is 13.8. The highest BCUT2D eigenvalue weighted by molar-refractivity contribution is 6.03. The number of ketones is 1. The molecule has 0 saturated heterocycles. The number of hydrogen-bond donors (Lipinski definition) is 3. The lowest BCUT2D eigenvalue weighted by Gasteiger charge is -2.45. The van der Waals surface area contributed by atoms with Crippen LogP contribution in [-0.4, -0.2) is 21.0 Å². The maximum absolute atomic E-state index is 13.8. The molecular formula is C27H31NO4. The first-order valence-corrected chi connectivity index (χ1v) is 11.4. The number of allylic oxidation sites excluding steroid dienone is 4. The minimum Gasteiger partial charge on any atom is -0.508 e. The number of fused-ring (bicyclic) bond motifs is 1. The van der Waals surface area contributed by atoms with E-state index in [1.807, 2.05) is 19.1 Å². The van der Waals surface area contributed by atoms with Gasteiger partial charge in [0.1, 0.15) is 17.1 Å². The Morgan fingerprint density at radius 1 is 1.16 bits per heavy atom. The highest BCUT2D eigenvalue weighted by atomic mass is 16.3. The van der Waals surface area contributed by atoms with E-state index in [0.717, 1.165) is 12.8 Å². The number of carbonyl (C=O) groups is 1. The van der Waals surface area contributed by atoms with Crippen molar-refractivity contribution in [3.8, 4) is 22.6 Å². The molecule has 32 heavy (non-hydrogen) atoms. The number of aromatic amines is 1. The number of rotatable bonds is 4. The first kappa shape index (κ1) is 22.1. The fraction of sp³-hybridized carbons (Fsp3) is 0.407. The first-order chi connectivity index (χ1) is 15.3. The molecule has 1 heterocycles. The molecule has 168 valence electrons. The monoisotopic (exact) mass is 433 g/mol. The molecular weight excluding hydrogens is 402 g/mol. The Bertz CT molecular complexity index is 1130. The van der Waals surface area contributed by atoms with Crippen molar-refractivity contribution in [2.75, 3.05) is 0 Å². The van der Waals surface area contributed by atoms with Crippen LogP contribution in [0.2, 0.25) is 0 Å². The van der Waals surface area contributed by atoms with Crippen molar-refractivity contribution in [1.29, 1.82) is 0 Å². The SMILES string of the molecule is C/C=C/[C@H]1[C@H]2C[C@@H](C)CC[C@@H]2C(C)=C[C@H]1C(=O)c1c(O)c(-c2ccc(O)cc2)c[nH]c1=O. The van der Waals surface area contributed by atoms with Gasteiger partial charge >= 0.3 is 0 Å². The number of benzene rings is 1. The van der Waals surface area contributed by atoms with E-state index in [2.05, 4.69) is 24.9 Å². The number of pyridine rings is 1. The van der Waals surface area contributed by atoms with Crippen LogP contribution in [0.1, 0.15) is 50.4 Å². The third-order valence-corrected chi connectivity index (χ3v) is 7.31. The minimum atomic E-state index is -0.584. The van der Waals surface area contributed by atoms with Crippen LogP contribution in [0, 0.1) is 29.6 Å². The molecule has 4 rings (SSSR count). The summed E-state index contributed by atoms with van der Waals surface area (Å²) in [4.78, 5) is 29.1. The number of phenols is 1. The lowest BCUT2D eigenvalue weighted by atomic mass is 9.59. The van der Waals surface area contributed by atoms with Gasteiger partial charge in [-0.2, -0.15) is 0 Å². The number of aromatic hydroxyl groups is 2. The number of H-pyrrole nitrogens is 1. The van der Waals surface area contributed by atoms with Gasteiger partial charge in [0, 0.05) is 17.7 Å². The van der Waals surface area contributed by atoms with Crippen molar-refractivity contribution in [2.45, 2.75) is 40.0 Å². The van der Waals surface area contributed by atoms with Crippen molar-refractivity contribution in [3.63, 3.8) is 0 Å². The third-order valence-electron chi connectivity index (χ3n) is 7.31. The summed E-state index contributed by atoms with van der Waals surface area (Å²) >= 11 is 0. The Labute approximate surface area is 188 Å². The summed E-state index contributed by atoms with van der Waals surface area (Å²) in [5.74, 6) is 0.391. The molecule has 0 aliphatic heterocycles. The Hall–Kier alpha value is -3.08. The Morgan fingerprint density at radius 3 is 2.56 bits per heavy atom. The number of phenolic OH excluding ortho intramolecular Hbond substituents is 1. The molecule has 0 bridgehead atoms. The quantitative estimate of drug-likeness (QED) is 0.441. The Morgan fingerprint density at radius 2 is 1.88 bits per heavy atom. The average molecular weight is 434 g/mol. The molecule has 0 spiro atoms. The van der Waals surface area contributed by atoms with Crippen LogP contribution in [-0.2, 0) is 0 Å². The van der Waals surface area contributed by atoms with Gasteiger partial charge < -0.3 is 15.2 Å². The summed E-state index contributed by atoms with van der Waals surface area (Å²) in [6.45, 7) is 6.32. The van der Waals surface area contributed by atoms with Crippen molar-refractivity contribution < 1.29 is 15.0 Å². The third kappa shape index (κ3) is 3.92. The van der Waals surface area contributed by atoms with Gasteiger partial charge in [-0.1, -0.05) is 49.3 Å². The lowest BCUT2D eigenvalue weighted by molar-refractivity contribution is 0.0803. The van der Waals surface area contributed by atoms with Crippen LogP contribution < -0.4 is 5.56 Å². The normalized spacial score (nSPS) is 27.7. The van der Waals surface area contributed by atoms with E-state index in [9.17, 15) is 19.8 Å². The molecule has 1 aromatic carbocycles. The Balaban J connectivity index is 1.79. The standard InChI is InChI=1S/C27H31NO4/c1-4-5-20-21-12-15(2)6-11-19(21)16(3)13-22(20)25(30)24-26(31)23(14-28-27(24)32)17-7-9-18(29)10-8-17/h4-5,7-10,13-15,19-22,29H,6,11-12H2,1-3H3,(H2,28,31,32)/b5-4+/t15-,19+,20-,21-,22+/m0/s1. The summed E-state index contributed by atoms with van der Waals surface area (Å²) in [5, 5.41) is 20.6. The summed E-state index contributed by atoms with van der Waals surface area (Å²) in [6.07, 6.45) is 10.9. The van der Waals surface area contributed by atoms with Gasteiger partial charge in [-0.3, -0.25) is 9.59 Å². The van der Waals surface area contributed by atoms with E-state index in [0.29, 0.717) is 28.9 Å². The van der Waals surface area contributed by atoms with E-state index < -0.39 is 11.5 Å². The molecule has 2 aromatic rings. The summed E-state index contributed by atoms with van der Waals surface area (Å²) in [6, 6.07) is 6.28. The maximum Gasteiger partial charge on any atom is 0.262 e. The Kier molecular flexibility index (Phi) is 6.09. The van der Waals surface area contributed by atoms with Crippen molar-refractivity contribution >= 4 is 5.78 Å². The van der Waals surface area contributed by atoms with Crippen LogP contribution in [0.15, 0.2) is 59.1 Å². The largest absolute Gasteiger partial charge is 0.508 e. The number of aromatic nitrogens is 1. The topological polar surface area (TPSA) is 90.4 Å². The molecule has 0 radical (unpaired) electrons. The fourth-order valence-electron chi connectivity index (χ4n) is 5.71. The van der Waals surface area contributed by atoms with Crippen molar-refractivity contribution in [1.82, 2.24) is 4.98 Å². The summed E-state index contributed by atoms with van der Waals surface area (Å²) in [7, 11) is 0. The van der Waals surface area contributed by atoms with E-state index in [-0.39, 0.29) is 28.8 Å². The number of nitrogens with one attached hydrogen (secondary N) is 1. The molecule has 0 unspecified atom stereocenters. The summed E-state index contributed by atoms with van der Waals surface area (Å²) < 4.78 is 0. The second-order valence-corrected chi connectivity index (χ2v) is 9.39. The fourth-order valence-corrected chi connectivity index (χ4v) is 5.71. The molecule has 1 fully saturated rings. The van der Waals surface area contributed by atoms with E-state index in [1.54, 1.807) is 12.1 Å². The van der Waals surface area contributed by atoms with Gasteiger partial charge in [-0.25, -0.2) is 0 Å². The van der Waals surface area contributed by atoms with E-state index >= 15 is 0 Å². The molecule has 2 aliphatic carbocycles. The van der Waals surface area contributed by atoms with Crippen LogP contribution in [0.3, 0.4) is 0 Å². The average Bonchev–Trinajstić information content (AvgIpc) is 2.76. The van der Waals surface area contributed by atoms with E-state index in [1.165, 1.54) is 30.3 Å². The molecule has 0 amide bonds. The number of hydrogen-bond acceptors (Lipinski definition) is 4. The van der Waals surface area contributed by atoms with Crippen LogP contribution in [0.25, 0.3) is 11.1 Å². The molecule has 5 atom stereocenters. The van der Waals surface area contributed by atoms with Gasteiger partial charge in [0.25, 0.3) is 5.56 Å². The highest BCUT2D eigenvalue weighted by Crippen LogP contribution is 2.49. The number of Topliss-reactive ketones (excluding diaryl/α,β-unsaturated/α-hetero) is 1. The zero-order valence-electron chi connectivity index (χ0n) is 18.8. The second-order valence-electron chi connectivity index (χ2n) is 9.39. The zero-order valence-corrected chi connectivity index (χ0v) is 18.8. The molecule has 1 saturated carbocycles. The molecule has 2 aliphatic rings. The smallest absolute Gasteiger partial charge is 0.262 e. The van der Waals surface area contributed by atoms with E-state index in [4.69, 9.17) is 0 Å². The lowest BCUT2D eigenvalue weighted by Crippen LogP contribution is -2.40. The van der Waals surface area contributed by atoms with Crippen LogP contribution in [0.5, 0.6) is 11.5 Å². The van der Waals surface area contributed by atoms with Crippen molar-refractivity contribution in [2.24, 2.45) is 29.6 Å². The van der Waals surface area contributed by atoms with Crippen LogP contribution in [0.4, 0.5) is 0 Å². The minimum absolute atomic E-state index is 0.0000727. The van der Waals surface area contributed by atoms with Gasteiger partial charge in [-0.05, 0) is 68.1 Å². The van der Waals surface area contributed by atoms with Gasteiger partial charge in [-0.15, -0.1) is 0 Å². The number of carbonyl (C=O) groups excluding carboxylic acids is 1.